The molecule has 3 N–H and O–H groups in total. The van der Waals surface area contributed by atoms with Crippen LogP contribution in [-0.2, 0) is 4.79 Å². The molecule has 0 spiro atoms. The largest absolute Gasteiger partial charge is 0.504 e. The second-order valence-electron chi connectivity index (χ2n) is 6.93. The summed E-state index contributed by atoms with van der Waals surface area (Å²) in [6.07, 6.45) is 1.41. The van der Waals surface area contributed by atoms with Gasteiger partial charge in [0.1, 0.15) is 6.04 Å². The highest BCUT2D eigenvalue weighted by Crippen LogP contribution is 2.32. The molecule has 0 aromatic heterocycles. The van der Waals surface area contributed by atoms with Crippen molar-refractivity contribution >= 4 is 18.0 Å². The van der Waals surface area contributed by atoms with Gasteiger partial charge in [0.25, 0.3) is 11.8 Å². The van der Waals surface area contributed by atoms with Gasteiger partial charge in [-0.25, -0.2) is 5.43 Å². The van der Waals surface area contributed by atoms with Crippen LogP contribution in [0.25, 0.3) is 0 Å². The van der Waals surface area contributed by atoms with E-state index in [9.17, 15) is 14.7 Å². The van der Waals surface area contributed by atoms with Crippen LogP contribution in [0.4, 0.5) is 0 Å². The van der Waals surface area contributed by atoms with Crippen LogP contribution in [0.3, 0.4) is 0 Å². The number of nitrogens with zero attached hydrogens (tertiary/aromatic N) is 1. The smallest absolute Gasteiger partial charge is 0.262 e. The van der Waals surface area contributed by atoms with E-state index in [-0.39, 0.29) is 18.5 Å². The van der Waals surface area contributed by atoms with Crippen LogP contribution in [0.5, 0.6) is 23.0 Å². The molecule has 0 radical (unpaired) electrons. The van der Waals surface area contributed by atoms with E-state index in [1.165, 1.54) is 19.4 Å². The Balaban J connectivity index is 1.64. The van der Waals surface area contributed by atoms with E-state index in [4.69, 9.17) is 14.2 Å². The van der Waals surface area contributed by atoms with Gasteiger partial charge in [0, 0.05) is 5.56 Å². The van der Waals surface area contributed by atoms with Gasteiger partial charge < -0.3 is 24.6 Å². The molecule has 0 aliphatic carbocycles. The Morgan fingerprint density at radius 3 is 2.67 bits per heavy atom. The molecule has 158 valence electrons. The van der Waals surface area contributed by atoms with Gasteiger partial charge in [-0.2, -0.15) is 5.10 Å². The first kappa shape index (κ1) is 21.0. The van der Waals surface area contributed by atoms with Crippen molar-refractivity contribution in [3.05, 3.63) is 47.5 Å². The Morgan fingerprint density at radius 1 is 1.17 bits per heavy atom. The average Bonchev–Trinajstić information content (AvgIpc) is 3.20. The van der Waals surface area contributed by atoms with Crippen LogP contribution in [-0.4, -0.2) is 43.1 Å². The van der Waals surface area contributed by atoms with Gasteiger partial charge >= 0.3 is 0 Å². The van der Waals surface area contributed by atoms with Gasteiger partial charge in [-0.15, -0.1) is 0 Å². The summed E-state index contributed by atoms with van der Waals surface area (Å²) in [6.45, 7) is 3.75. The molecule has 2 aromatic rings. The highest BCUT2D eigenvalue weighted by Gasteiger charge is 2.25. The van der Waals surface area contributed by atoms with Crippen molar-refractivity contribution in [3.8, 4) is 23.0 Å². The molecule has 1 unspecified atom stereocenters. The van der Waals surface area contributed by atoms with Gasteiger partial charge in [0.05, 0.1) is 13.3 Å². The quantitative estimate of drug-likeness (QED) is 0.472. The third-order valence-corrected chi connectivity index (χ3v) is 4.46. The fourth-order valence-corrected chi connectivity index (χ4v) is 2.81. The molecule has 0 saturated carbocycles. The van der Waals surface area contributed by atoms with E-state index in [0.717, 1.165) is 0 Å². The molecule has 2 amide bonds. The zero-order valence-electron chi connectivity index (χ0n) is 16.8. The molecule has 2 aromatic carbocycles. The van der Waals surface area contributed by atoms with Crippen molar-refractivity contribution in [2.75, 3.05) is 13.9 Å². The molecule has 30 heavy (non-hydrogen) atoms. The summed E-state index contributed by atoms with van der Waals surface area (Å²) in [5.41, 5.74) is 3.41. The third kappa shape index (κ3) is 4.80. The highest BCUT2D eigenvalue weighted by atomic mass is 16.7. The molecule has 1 atom stereocenters. The fourth-order valence-electron chi connectivity index (χ4n) is 2.81. The molecule has 1 heterocycles. The number of amides is 2. The summed E-state index contributed by atoms with van der Waals surface area (Å²) in [7, 11) is 1.44. The molecular formula is C21H23N3O6. The van der Waals surface area contributed by atoms with Crippen molar-refractivity contribution in [1.29, 1.82) is 0 Å². The van der Waals surface area contributed by atoms with Crippen LogP contribution in [0.2, 0.25) is 0 Å². The Kier molecular flexibility index (Phi) is 6.41. The molecular weight excluding hydrogens is 390 g/mol. The number of phenols is 1. The number of nitrogens with one attached hydrogen (secondary N) is 2. The minimum absolute atomic E-state index is 0.00443. The third-order valence-electron chi connectivity index (χ3n) is 4.46. The zero-order valence-corrected chi connectivity index (χ0v) is 16.8. The summed E-state index contributed by atoms with van der Waals surface area (Å²) < 4.78 is 15.6. The molecule has 9 heteroatoms. The van der Waals surface area contributed by atoms with E-state index in [0.29, 0.717) is 28.4 Å². The molecule has 1 aliphatic heterocycles. The van der Waals surface area contributed by atoms with Crippen LogP contribution in [0.15, 0.2) is 41.5 Å². The van der Waals surface area contributed by atoms with Crippen LogP contribution in [0.1, 0.15) is 29.8 Å². The lowest BCUT2D eigenvalue weighted by atomic mass is 10.0. The van der Waals surface area contributed by atoms with E-state index in [1.54, 1.807) is 30.3 Å². The van der Waals surface area contributed by atoms with E-state index in [2.05, 4.69) is 15.8 Å². The second-order valence-corrected chi connectivity index (χ2v) is 6.93. The summed E-state index contributed by atoms with van der Waals surface area (Å²) in [5, 5.41) is 16.3. The predicted molar refractivity (Wildman–Crippen MR) is 109 cm³/mol. The van der Waals surface area contributed by atoms with Gasteiger partial charge in [-0.1, -0.05) is 13.8 Å². The fraction of sp³-hybridized carbons (Fsp3) is 0.286. The maximum Gasteiger partial charge on any atom is 0.262 e. The topological polar surface area (TPSA) is 118 Å². The highest BCUT2D eigenvalue weighted by molar-refractivity contribution is 5.98. The zero-order chi connectivity index (χ0) is 21.7. The van der Waals surface area contributed by atoms with Crippen LogP contribution < -0.4 is 25.0 Å². The number of methoxy groups -OCH3 is 1. The molecule has 0 saturated heterocycles. The van der Waals surface area contributed by atoms with Gasteiger partial charge in [-0.3, -0.25) is 9.59 Å². The van der Waals surface area contributed by atoms with Crippen molar-refractivity contribution in [2.45, 2.75) is 19.9 Å². The predicted octanol–water partition coefficient (Wildman–Crippen LogP) is 2.03. The van der Waals surface area contributed by atoms with Gasteiger partial charge in [0.2, 0.25) is 6.79 Å². The summed E-state index contributed by atoms with van der Waals surface area (Å²) in [6, 6.07) is 8.69. The van der Waals surface area contributed by atoms with Crippen LogP contribution in [0, 0.1) is 5.92 Å². The summed E-state index contributed by atoms with van der Waals surface area (Å²) >= 11 is 0. The van der Waals surface area contributed by atoms with Crippen molar-refractivity contribution < 1.29 is 28.9 Å². The lowest BCUT2D eigenvalue weighted by Gasteiger charge is -2.20. The molecule has 3 rings (SSSR count). The number of hydrogen-bond donors (Lipinski definition) is 3. The number of fused-ring (bicyclic) bond motifs is 1. The number of rotatable bonds is 7. The summed E-state index contributed by atoms with van der Waals surface area (Å²) in [4.78, 5) is 25.2. The minimum Gasteiger partial charge on any atom is -0.504 e. The SMILES string of the molecule is COc1cc(/C=N/NC(=O)C(NC(=O)c2ccc3c(c2)OCO3)C(C)C)ccc1O. The normalized spacial score (nSPS) is 13.3. The van der Waals surface area contributed by atoms with Gasteiger partial charge in [-0.05, 0) is 47.9 Å². The van der Waals surface area contributed by atoms with E-state index < -0.39 is 17.9 Å². The number of carbonyl (C=O) groups excluding carboxylic acids is 2. The number of benzene rings is 2. The number of aromatic hydroxyl groups is 1. The first-order valence-corrected chi connectivity index (χ1v) is 9.29. The summed E-state index contributed by atoms with van der Waals surface area (Å²) in [5.74, 6) is 0.320. The molecule has 1 aliphatic rings. The standard InChI is InChI=1S/C21H23N3O6/c1-12(2)19(23-20(26)14-5-7-16-18(9-14)30-11-29-16)21(27)24-22-10-13-4-6-15(25)17(8-13)28-3/h4-10,12,19,25H,11H2,1-3H3,(H,23,26)(H,24,27)/b22-10+. The van der Waals surface area contributed by atoms with Crippen molar-refractivity contribution in [3.63, 3.8) is 0 Å². The Labute approximate surface area is 173 Å². The monoisotopic (exact) mass is 413 g/mol. The van der Waals surface area contributed by atoms with E-state index in [1.807, 2.05) is 13.8 Å². The first-order chi connectivity index (χ1) is 14.4. The Bertz CT molecular complexity index is 973. The number of hydrogen-bond acceptors (Lipinski definition) is 7. The second kappa shape index (κ2) is 9.17. The van der Waals surface area contributed by atoms with Crippen molar-refractivity contribution in [1.82, 2.24) is 10.7 Å². The Morgan fingerprint density at radius 2 is 1.93 bits per heavy atom. The molecule has 0 bridgehead atoms. The molecule has 0 fully saturated rings. The number of carbonyl (C=O) groups is 2. The maximum atomic E-state index is 12.6. The van der Waals surface area contributed by atoms with Crippen molar-refractivity contribution in [2.24, 2.45) is 11.0 Å². The Hall–Kier alpha value is -3.75. The number of phenolic OH excluding ortho intramolecular Hbond substituents is 1. The lowest BCUT2D eigenvalue weighted by molar-refractivity contribution is -0.123. The van der Waals surface area contributed by atoms with Crippen LogP contribution >= 0.6 is 0 Å². The maximum absolute atomic E-state index is 12.6. The lowest BCUT2D eigenvalue weighted by Crippen LogP contribution is -2.48. The average molecular weight is 413 g/mol. The number of ether oxygens (including phenoxy) is 3. The minimum atomic E-state index is -0.797. The first-order valence-electron chi connectivity index (χ1n) is 9.29. The van der Waals surface area contributed by atoms with Gasteiger partial charge in [0.15, 0.2) is 23.0 Å². The van der Waals surface area contributed by atoms with E-state index >= 15 is 0 Å². The number of hydrazone groups is 1. The molecule has 9 nitrogen and oxygen atoms in total.